The van der Waals surface area contributed by atoms with E-state index in [9.17, 15) is 4.79 Å². The lowest BCUT2D eigenvalue weighted by atomic mass is 9.99. The first kappa shape index (κ1) is 17.5. The summed E-state index contributed by atoms with van der Waals surface area (Å²) >= 11 is 0. The zero-order valence-corrected chi connectivity index (χ0v) is 15.5. The smallest absolute Gasteiger partial charge is 0.254 e. The summed E-state index contributed by atoms with van der Waals surface area (Å²) in [5.41, 5.74) is 1.32. The summed E-state index contributed by atoms with van der Waals surface area (Å²) < 4.78 is 12.2. The minimum absolute atomic E-state index is 0.0473. The molecule has 1 aromatic carbocycles. The highest BCUT2D eigenvalue weighted by atomic mass is 16.6. The maximum Gasteiger partial charge on any atom is 0.254 e. The Labute approximate surface area is 154 Å². The largest absolute Gasteiger partial charge is 0.377 e. The first-order valence-electron chi connectivity index (χ1n) is 9.31. The fourth-order valence-electron chi connectivity index (χ4n) is 4.10. The van der Waals surface area contributed by atoms with Gasteiger partial charge in [-0.25, -0.2) is 0 Å². The maximum absolute atomic E-state index is 13.1. The minimum Gasteiger partial charge on any atom is -0.377 e. The number of H-pyrrole nitrogens is 1. The second-order valence-corrected chi connectivity index (χ2v) is 7.78. The van der Waals surface area contributed by atoms with E-state index in [2.05, 4.69) is 24.0 Å². The van der Waals surface area contributed by atoms with Crippen LogP contribution in [0.4, 0.5) is 0 Å². The Morgan fingerprint density at radius 3 is 3.12 bits per heavy atom. The van der Waals surface area contributed by atoms with Crippen molar-refractivity contribution in [3.63, 3.8) is 0 Å². The van der Waals surface area contributed by atoms with Crippen LogP contribution in [0.3, 0.4) is 0 Å². The van der Waals surface area contributed by atoms with Gasteiger partial charge < -0.3 is 24.3 Å². The Hall–Kier alpha value is -1.89. The summed E-state index contributed by atoms with van der Waals surface area (Å²) in [5, 5.41) is 1.11. The lowest BCUT2D eigenvalue weighted by Gasteiger charge is -2.32. The summed E-state index contributed by atoms with van der Waals surface area (Å²) in [7, 11) is 4.12. The molecule has 0 radical (unpaired) electrons. The SMILES string of the molecule is CN(C)C[C@H]1CC[C@@]2(COCCN(C(=O)c3ccc4cc[nH]c4c3)C2)O1. The summed E-state index contributed by atoms with van der Waals surface area (Å²) in [6.45, 7) is 3.22. The van der Waals surface area contributed by atoms with Crippen LogP contribution in [0.25, 0.3) is 10.9 Å². The van der Waals surface area contributed by atoms with Gasteiger partial charge in [-0.2, -0.15) is 0 Å². The van der Waals surface area contributed by atoms with Crippen LogP contribution in [0.5, 0.6) is 0 Å². The molecule has 1 aromatic heterocycles. The van der Waals surface area contributed by atoms with Crippen LogP contribution in [-0.4, -0.2) is 79.3 Å². The lowest BCUT2D eigenvalue weighted by molar-refractivity contribution is -0.0878. The third-order valence-corrected chi connectivity index (χ3v) is 5.35. The van der Waals surface area contributed by atoms with Crippen LogP contribution in [0.1, 0.15) is 23.2 Å². The molecule has 4 rings (SSSR count). The van der Waals surface area contributed by atoms with Gasteiger partial charge in [0, 0.05) is 30.4 Å². The second-order valence-electron chi connectivity index (χ2n) is 7.78. The van der Waals surface area contributed by atoms with Gasteiger partial charge in [0.2, 0.25) is 0 Å². The number of hydrogen-bond donors (Lipinski definition) is 1. The molecule has 2 aliphatic rings. The van der Waals surface area contributed by atoms with Crippen LogP contribution < -0.4 is 0 Å². The molecule has 1 spiro atoms. The van der Waals surface area contributed by atoms with E-state index in [1.807, 2.05) is 35.4 Å². The third kappa shape index (κ3) is 3.49. The number of aromatic amines is 1. The molecule has 2 saturated heterocycles. The van der Waals surface area contributed by atoms with Crippen LogP contribution in [0, 0.1) is 0 Å². The number of aromatic nitrogens is 1. The van der Waals surface area contributed by atoms with E-state index >= 15 is 0 Å². The summed E-state index contributed by atoms with van der Waals surface area (Å²) in [6.07, 6.45) is 4.05. The summed E-state index contributed by atoms with van der Waals surface area (Å²) in [4.78, 5) is 20.3. The highest BCUT2D eigenvalue weighted by molar-refractivity contribution is 5.98. The van der Waals surface area contributed by atoms with Crippen molar-refractivity contribution in [3.8, 4) is 0 Å². The molecule has 6 heteroatoms. The van der Waals surface area contributed by atoms with Crippen molar-refractivity contribution in [1.82, 2.24) is 14.8 Å². The quantitative estimate of drug-likeness (QED) is 0.914. The molecule has 140 valence electrons. The fourth-order valence-corrected chi connectivity index (χ4v) is 4.10. The van der Waals surface area contributed by atoms with Crippen molar-refractivity contribution in [2.45, 2.75) is 24.5 Å². The van der Waals surface area contributed by atoms with Crippen molar-refractivity contribution >= 4 is 16.8 Å². The van der Waals surface area contributed by atoms with Crippen molar-refractivity contribution in [3.05, 3.63) is 36.0 Å². The van der Waals surface area contributed by atoms with Crippen molar-refractivity contribution in [2.24, 2.45) is 0 Å². The van der Waals surface area contributed by atoms with E-state index in [1.54, 1.807) is 0 Å². The molecule has 2 aliphatic heterocycles. The average molecular weight is 357 g/mol. The van der Waals surface area contributed by atoms with Gasteiger partial charge in [-0.3, -0.25) is 4.79 Å². The molecule has 0 unspecified atom stereocenters. The van der Waals surface area contributed by atoms with Gasteiger partial charge in [0.15, 0.2) is 0 Å². The van der Waals surface area contributed by atoms with Crippen LogP contribution in [0.2, 0.25) is 0 Å². The average Bonchev–Trinajstić information content (AvgIpc) is 3.17. The number of nitrogens with one attached hydrogen (secondary N) is 1. The number of benzene rings is 1. The molecule has 1 N–H and O–H groups in total. The van der Waals surface area contributed by atoms with Gasteiger partial charge in [-0.1, -0.05) is 6.07 Å². The van der Waals surface area contributed by atoms with Gasteiger partial charge >= 0.3 is 0 Å². The van der Waals surface area contributed by atoms with Gasteiger partial charge in [-0.05, 0) is 50.5 Å². The number of fused-ring (bicyclic) bond motifs is 1. The molecule has 1 amide bonds. The van der Waals surface area contributed by atoms with Gasteiger partial charge in [0.05, 0.1) is 25.9 Å². The number of likely N-dealkylation sites (N-methyl/N-ethyl adjacent to an activating group) is 1. The number of rotatable bonds is 3. The number of carbonyl (C=O) groups excluding carboxylic acids is 1. The molecule has 6 nitrogen and oxygen atoms in total. The van der Waals surface area contributed by atoms with E-state index in [0.29, 0.717) is 31.9 Å². The number of carbonyl (C=O) groups is 1. The minimum atomic E-state index is -0.372. The first-order valence-corrected chi connectivity index (χ1v) is 9.31. The second kappa shape index (κ2) is 7.02. The van der Waals surface area contributed by atoms with Crippen LogP contribution in [0.15, 0.2) is 30.5 Å². The van der Waals surface area contributed by atoms with E-state index in [0.717, 1.165) is 30.3 Å². The number of ether oxygens (including phenoxy) is 2. The standard InChI is InChI=1S/C20H27N3O3/c1-22(2)12-17-5-7-20(26-17)13-23(9-10-25-14-20)19(24)16-4-3-15-6-8-21-18(15)11-16/h3-4,6,8,11,17,21H,5,7,9-10,12-14H2,1-2H3/t17-,20-/m1/s1. The number of amides is 1. The molecule has 2 aromatic rings. The zero-order chi connectivity index (χ0) is 18.1. The molecule has 26 heavy (non-hydrogen) atoms. The van der Waals surface area contributed by atoms with Gasteiger partial charge in [-0.15, -0.1) is 0 Å². The van der Waals surface area contributed by atoms with Crippen molar-refractivity contribution in [2.75, 3.05) is 46.9 Å². The summed E-state index contributed by atoms with van der Waals surface area (Å²) in [6, 6.07) is 7.83. The molecule has 0 bridgehead atoms. The first-order chi connectivity index (χ1) is 12.5. The van der Waals surface area contributed by atoms with Crippen LogP contribution in [-0.2, 0) is 9.47 Å². The zero-order valence-electron chi connectivity index (χ0n) is 15.5. The van der Waals surface area contributed by atoms with E-state index in [-0.39, 0.29) is 17.6 Å². The molecular formula is C20H27N3O3. The third-order valence-electron chi connectivity index (χ3n) is 5.35. The van der Waals surface area contributed by atoms with E-state index < -0.39 is 0 Å². The maximum atomic E-state index is 13.1. The molecule has 2 atom stereocenters. The van der Waals surface area contributed by atoms with Gasteiger partial charge in [0.1, 0.15) is 5.60 Å². The summed E-state index contributed by atoms with van der Waals surface area (Å²) in [5.74, 6) is 0.0473. The highest BCUT2D eigenvalue weighted by Gasteiger charge is 2.44. The Kier molecular flexibility index (Phi) is 4.73. The molecule has 0 saturated carbocycles. The number of hydrogen-bond acceptors (Lipinski definition) is 4. The molecule has 0 aliphatic carbocycles. The highest BCUT2D eigenvalue weighted by Crippen LogP contribution is 2.33. The van der Waals surface area contributed by atoms with Crippen LogP contribution >= 0.6 is 0 Å². The fraction of sp³-hybridized carbons (Fsp3) is 0.550. The predicted molar refractivity (Wildman–Crippen MR) is 100 cm³/mol. The van der Waals surface area contributed by atoms with Crippen molar-refractivity contribution < 1.29 is 14.3 Å². The monoisotopic (exact) mass is 357 g/mol. The predicted octanol–water partition coefficient (Wildman–Crippen LogP) is 2.12. The topological polar surface area (TPSA) is 57.8 Å². The Morgan fingerprint density at radius 1 is 1.38 bits per heavy atom. The van der Waals surface area contributed by atoms with E-state index in [1.165, 1.54) is 0 Å². The van der Waals surface area contributed by atoms with Crippen molar-refractivity contribution in [1.29, 1.82) is 0 Å². The Morgan fingerprint density at radius 2 is 2.27 bits per heavy atom. The number of nitrogens with zero attached hydrogens (tertiary/aromatic N) is 2. The molecular weight excluding hydrogens is 330 g/mol. The Balaban J connectivity index is 1.51. The van der Waals surface area contributed by atoms with E-state index in [4.69, 9.17) is 9.47 Å². The molecule has 2 fully saturated rings. The Bertz CT molecular complexity index is 787. The molecule has 3 heterocycles. The lowest BCUT2D eigenvalue weighted by Crippen LogP contribution is -2.47. The normalized spacial score (nSPS) is 26.7. The van der Waals surface area contributed by atoms with Gasteiger partial charge in [0.25, 0.3) is 5.91 Å².